The minimum Gasteiger partial charge on any atom is -0.426 e. The molecule has 1 heterocycles. The Bertz CT molecular complexity index is 632. The average Bonchev–Trinajstić information content (AvgIpc) is 2.30. The molecule has 0 saturated heterocycles. The molecule has 0 radical (unpaired) electrons. The molecule has 1 N–H and O–H groups in total. The van der Waals surface area contributed by atoms with Crippen molar-refractivity contribution in [3.8, 4) is 17.0 Å². The number of nitrogens with zero attached hydrogens (tertiary/aromatic N) is 1. The highest BCUT2D eigenvalue weighted by atomic mass is 19.1. The Morgan fingerprint density at radius 2 is 2.11 bits per heavy atom. The lowest BCUT2D eigenvalue weighted by molar-refractivity contribution is -0.131. The van der Waals surface area contributed by atoms with E-state index in [0.29, 0.717) is 11.3 Å². The van der Waals surface area contributed by atoms with Crippen LogP contribution in [0, 0.1) is 5.82 Å². The zero-order valence-electron chi connectivity index (χ0n) is 9.44. The first kappa shape index (κ1) is 12.0. The predicted octanol–water partition coefficient (Wildman–Crippen LogP) is 1.50. The second-order valence-corrected chi connectivity index (χ2v) is 3.54. The van der Waals surface area contributed by atoms with Gasteiger partial charge in [-0.25, -0.2) is 9.49 Å². The number of carbonyl (C=O) groups excluding carboxylic acids is 1. The van der Waals surface area contributed by atoms with Crippen molar-refractivity contribution in [2.75, 3.05) is 0 Å². The van der Waals surface area contributed by atoms with E-state index < -0.39 is 11.8 Å². The zero-order valence-corrected chi connectivity index (χ0v) is 9.44. The standard InChI is InChI=1S/C12H9FN2O3/c1-7(16)18-11-6-8(13)2-3-9(11)10-4-5-12(17)15-14-10/h2-6H,1H3,(H,15,17). The number of aromatic nitrogens is 2. The van der Waals surface area contributed by atoms with Crippen LogP contribution in [0.15, 0.2) is 35.1 Å². The second-order valence-electron chi connectivity index (χ2n) is 3.54. The van der Waals surface area contributed by atoms with Crippen LogP contribution in [-0.4, -0.2) is 16.2 Å². The first-order valence-corrected chi connectivity index (χ1v) is 5.10. The molecule has 0 aliphatic heterocycles. The Kier molecular flexibility index (Phi) is 3.18. The highest BCUT2D eigenvalue weighted by Crippen LogP contribution is 2.28. The molecule has 0 spiro atoms. The first-order valence-electron chi connectivity index (χ1n) is 5.10. The highest BCUT2D eigenvalue weighted by Gasteiger charge is 2.11. The van der Waals surface area contributed by atoms with Crippen LogP contribution in [0.4, 0.5) is 4.39 Å². The van der Waals surface area contributed by atoms with Gasteiger partial charge >= 0.3 is 5.97 Å². The lowest BCUT2D eigenvalue weighted by atomic mass is 10.1. The van der Waals surface area contributed by atoms with Crippen molar-refractivity contribution in [1.82, 2.24) is 10.2 Å². The van der Waals surface area contributed by atoms with Gasteiger partial charge in [0.1, 0.15) is 11.6 Å². The first-order chi connectivity index (χ1) is 8.56. The zero-order chi connectivity index (χ0) is 13.1. The molecule has 0 saturated carbocycles. The van der Waals surface area contributed by atoms with Crippen LogP contribution in [0.3, 0.4) is 0 Å². The summed E-state index contributed by atoms with van der Waals surface area (Å²) in [5, 5.41) is 6.05. The minimum absolute atomic E-state index is 0.0575. The van der Waals surface area contributed by atoms with Gasteiger partial charge in [-0.2, -0.15) is 5.10 Å². The van der Waals surface area contributed by atoms with Crippen LogP contribution in [0.25, 0.3) is 11.3 Å². The van der Waals surface area contributed by atoms with Gasteiger partial charge < -0.3 is 4.74 Å². The van der Waals surface area contributed by atoms with Crippen molar-refractivity contribution in [1.29, 1.82) is 0 Å². The van der Waals surface area contributed by atoms with E-state index in [1.165, 1.54) is 31.2 Å². The fourth-order valence-corrected chi connectivity index (χ4v) is 1.44. The summed E-state index contributed by atoms with van der Waals surface area (Å²) in [6.45, 7) is 1.22. The quantitative estimate of drug-likeness (QED) is 0.645. The van der Waals surface area contributed by atoms with E-state index in [9.17, 15) is 14.0 Å². The normalized spacial score (nSPS) is 10.1. The van der Waals surface area contributed by atoms with Crippen molar-refractivity contribution < 1.29 is 13.9 Å². The molecule has 92 valence electrons. The molecule has 2 rings (SSSR count). The Morgan fingerprint density at radius 1 is 1.33 bits per heavy atom. The molecule has 0 unspecified atom stereocenters. The molecular formula is C12H9FN2O3. The third-order valence-corrected chi connectivity index (χ3v) is 2.15. The molecule has 0 fully saturated rings. The molecule has 0 bridgehead atoms. The maximum atomic E-state index is 13.1. The van der Waals surface area contributed by atoms with Gasteiger partial charge in [0.25, 0.3) is 5.56 Å². The van der Waals surface area contributed by atoms with Gasteiger partial charge in [-0.05, 0) is 18.2 Å². The molecule has 0 aliphatic carbocycles. The summed E-state index contributed by atoms with van der Waals surface area (Å²) in [6, 6.07) is 6.47. The lowest BCUT2D eigenvalue weighted by Crippen LogP contribution is -2.07. The van der Waals surface area contributed by atoms with Gasteiger partial charge in [0, 0.05) is 24.6 Å². The molecule has 1 aromatic carbocycles. The number of rotatable bonds is 2. The molecule has 0 aliphatic rings. The van der Waals surface area contributed by atoms with Gasteiger partial charge in [0.05, 0.1) is 5.69 Å². The van der Waals surface area contributed by atoms with Crippen molar-refractivity contribution >= 4 is 5.97 Å². The number of esters is 1. The molecule has 0 atom stereocenters. The summed E-state index contributed by atoms with van der Waals surface area (Å²) in [7, 11) is 0. The van der Waals surface area contributed by atoms with Gasteiger partial charge in [-0.3, -0.25) is 9.59 Å². The van der Waals surface area contributed by atoms with E-state index in [2.05, 4.69) is 10.2 Å². The molecule has 18 heavy (non-hydrogen) atoms. The molecule has 0 amide bonds. The van der Waals surface area contributed by atoms with Crippen molar-refractivity contribution in [2.45, 2.75) is 6.92 Å². The molecule has 1 aromatic heterocycles. The largest absolute Gasteiger partial charge is 0.426 e. The van der Waals surface area contributed by atoms with E-state index in [1.54, 1.807) is 0 Å². The number of benzene rings is 1. The van der Waals surface area contributed by atoms with E-state index in [4.69, 9.17) is 4.74 Å². The number of ether oxygens (including phenoxy) is 1. The molecule has 5 nitrogen and oxygen atoms in total. The monoisotopic (exact) mass is 248 g/mol. The van der Waals surface area contributed by atoms with Crippen LogP contribution < -0.4 is 10.3 Å². The van der Waals surface area contributed by atoms with Gasteiger partial charge in [-0.1, -0.05) is 0 Å². The number of aromatic amines is 1. The smallest absolute Gasteiger partial charge is 0.308 e. The van der Waals surface area contributed by atoms with Crippen molar-refractivity contribution in [3.05, 3.63) is 46.5 Å². The summed E-state index contributed by atoms with van der Waals surface area (Å²) in [5.41, 5.74) is 0.448. The summed E-state index contributed by atoms with van der Waals surface area (Å²) in [5.74, 6) is -1.03. The minimum atomic E-state index is -0.564. The predicted molar refractivity (Wildman–Crippen MR) is 61.6 cm³/mol. The number of H-pyrrole nitrogens is 1. The van der Waals surface area contributed by atoms with Crippen LogP contribution in [0.2, 0.25) is 0 Å². The topological polar surface area (TPSA) is 72.1 Å². The highest BCUT2D eigenvalue weighted by molar-refractivity contribution is 5.75. The Balaban J connectivity index is 2.52. The fraction of sp³-hybridized carbons (Fsp3) is 0.0833. The Hall–Kier alpha value is -2.50. The number of hydrogen-bond donors (Lipinski definition) is 1. The van der Waals surface area contributed by atoms with E-state index >= 15 is 0 Å². The van der Waals surface area contributed by atoms with Crippen LogP contribution in [0.5, 0.6) is 5.75 Å². The molecule has 2 aromatic rings. The Morgan fingerprint density at radius 3 is 2.72 bits per heavy atom. The van der Waals surface area contributed by atoms with Crippen molar-refractivity contribution in [2.24, 2.45) is 0 Å². The average molecular weight is 248 g/mol. The number of hydrogen-bond acceptors (Lipinski definition) is 4. The summed E-state index contributed by atoms with van der Waals surface area (Å²) < 4.78 is 18.0. The second kappa shape index (κ2) is 4.79. The Labute approximate surface area is 101 Å². The fourth-order valence-electron chi connectivity index (χ4n) is 1.44. The van der Waals surface area contributed by atoms with E-state index in [1.807, 2.05) is 0 Å². The summed E-state index contributed by atoms with van der Waals surface area (Å²) >= 11 is 0. The van der Waals surface area contributed by atoms with Crippen LogP contribution in [-0.2, 0) is 4.79 Å². The van der Waals surface area contributed by atoms with Gasteiger partial charge in [0.2, 0.25) is 0 Å². The van der Waals surface area contributed by atoms with Gasteiger partial charge in [0.15, 0.2) is 0 Å². The van der Waals surface area contributed by atoms with Crippen LogP contribution >= 0.6 is 0 Å². The number of nitrogens with one attached hydrogen (secondary N) is 1. The summed E-state index contributed by atoms with van der Waals surface area (Å²) in [4.78, 5) is 21.8. The van der Waals surface area contributed by atoms with Gasteiger partial charge in [-0.15, -0.1) is 0 Å². The lowest BCUT2D eigenvalue weighted by Gasteiger charge is -2.07. The third kappa shape index (κ3) is 2.60. The van der Waals surface area contributed by atoms with Crippen LogP contribution in [0.1, 0.15) is 6.92 Å². The number of carbonyl (C=O) groups is 1. The maximum Gasteiger partial charge on any atom is 0.308 e. The molecular weight excluding hydrogens is 239 g/mol. The van der Waals surface area contributed by atoms with Crippen molar-refractivity contribution in [3.63, 3.8) is 0 Å². The van der Waals surface area contributed by atoms with E-state index in [0.717, 1.165) is 6.07 Å². The molecule has 6 heteroatoms. The number of halogens is 1. The third-order valence-electron chi connectivity index (χ3n) is 2.15. The summed E-state index contributed by atoms with van der Waals surface area (Å²) in [6.07, 6.45) is 0. The van der Waals surface area contributed by atoms with E-state index in [-0.39, 0.29) is 11.3 Å². The SMILES string of the molecule is CC(=O)Oc1cc(F)ccc1-c1ccc(=O)[nH]n1. The maximum absolute atomic E-state index is 13.1.